The first kappa shape index (κ1) is 12.8. The summed E-state index contributed by atoms with van der Waals surface area (Å²) in [7, 11) is 0. The summed E-state index contributed by atoms with van der Waals surface area (Å²) in [5.41, 5.74) is 5.42. The van der Waals surface area contributed by atoms with E-state index in [1.807, 2.05) is 20.8 Å². The second kappa shape index (κ2) is 7.24. The van der Waals surface area contributed by atoms with E-state index in [4.69, 9.17) is 27.4 Å². The average molecular weight is 205 g/mol. The van der Waals surface area contributed by atoms with Gasteiger partial charge in [-0.25, -0.2) is 0 Å². The van der Waals surface area contributed by atoms with Crippen LogP contribution in [0.2, 0.25) is 0 Å². The molecule has 0 saturated heterocycles. The van der Waals surface area contributed by atoms with Crippen molar-refractivity contribution in [1.82, 2.24) is 0 Å². The van der Waals surface area contributed by atoms with Crippen LogP contribution in [0.1, 0.15) is 20.8 Å². The molecule has 0 saturated carbocycles. The lowest BCUT2D eigenvalue weighted by molar-refractivity contribution is 0.0160. The zero-order chi connectivity index (χ0) is 10.3. The molecular formula is C9H19NO2S. The Balaban J connectivity index is 3.21. The van der Waals surface area contributed by atoms with Gasteiger partial charge in [-0.2, -0.15) is 0 Å². The number of nitrogens with two attached hydrogens (primary N) is 1. The summed E-state index contributed by atoms with van der Waals surface area (Å²) in [5, 5.41) is 0. The summed E-state index contributed by atoms with van der Waals surface area (Å²) in [6.45, 7) is 7.75. The molecule has 0 bridgehead atoms. The zero-order valence-electron chi connectivity index (χ0n) is 8.58. The van der Waals surface area contributed by atoms with Crippen LogP contribution in [0.15, 0.2) is 0 Å². The second-order valence-electron chi connectivity index (χ2n) is 3.30. The first-order valence-electron chi connectivity index (χ1n) is 4.52. The molecule has 0 aromatic heterocycles. The van der Waals surface area contributed by atoms with Gasteiger partial charge in [0, 0.05) is 5.92 Å². The average Bonchev–Trinajstić information content (AvgIpc) is 2.02. The maximum atomic E-state index is 5.42. The van der Waals surface area contributed by atoms with Crippen molar-refractivity contribution in [2.45, 2.75) is 26.9 Å². The van der Waals surface area contributed by atoms with Crippen molar-refractivity contribution < 1.29 is 9.47 Å². The SMILES string of the molecule is CC(C)OCCOCC(C)C(N)=S. The monoisotopic (exact) mass is 205 g/mol. The van der Waals surface area contributed by atoms with Gasteiger partial charge in [0.25, 0.3) is 0 Å². The van der Waals surface area contributed by atoms with E-state index in [9.17, 15) is 0 Å². The van der Waals surface area contributed by atoms with Gasteiger partial charge in [-0.3, -0.25) is 0 Å². The van der Waals surface area contributed by atoms with Crippen LogP contribution in [0, 0.1) is 5.92 Å². The number of ether oxygens (including phenoxy) is 2. The Morgan fingerprint density at radius 2 is 1.92 bits per heavy atom. The van der Waals surface area contributed by atoms with Crippen LogP contribution in [0.5, 0.6) is 0 Å². The van der Waals surface area contributed by atoms with Crippen LogP contribution in [0.25, 0.3) is 0 Å². The first-order valence-corrected chi connectivity index (χ1v) is 4.93. The second-order valence-corrected chi connectivity index (χ2v) is 3.77. The van der Waals surface area contributed by atoms with Gasteiger partial charge in [0.2, 0.25) is 0 Å². The molecular weight excluding hydrogens is 186 g/mol. The van der Waals surface area contributed by atoms with Crippen LogP contribution in [0.4, 0.5) is 0 Å². The fourth-order valence-electron chi connectivity index (χ4n) is 0.685. The third-order valence-electron chi connectivity index (χ3n) is 1.53. The maximum Gasteiger partial charge on any atom is 0.0779 e. The van der Waals surface area contributed by atoms with Crippen molar-refractivity contribution in [3.8, 4) is 0 Å². The van der Waals surface area contributed by atoms with Crippen LogP contribution in [-0.2, 0) is 9.47 Å². The van der Waals surface area contributed by atoms with Gasteiger partial charge in [-0.15, -0.1) is 0 Å². The highest BCUT2D eigenvalue weighted by atomic mass is 32.1. The van der Waals surface area contributed by atoms with Crippen molar-refractivity contribution in [3.63, 3.8) is 0 Å². The molecule has 1 atom stereocenters. The molecule has 0 aliphatic heterocycles. The van der Waals surface area contributed by atoms with Crippen LogP contribution in [-0.4, -0.2) is 30.9 Å². The summed E-state index contributed by atoms with van der Waals surface area (Å²) in [4.78, 5) is 0.504. The molecule has 0 fully saturated rings. The Labute approximate surface area is 85.6 Å². The highest BCUT2D eigenvalue weighted by Crippen LogP contribution is 1.96. The molecule has 0 aliphatic rings. The predicted molar refractivity (Wildman–Crippen MR) is 57.9 cm³/mol. The fourth-order valence-corrected chi connectivity index (χ4v) is 0.753. The molecule has 78 valence electrons. The molecule has 0 rings (SSSR count). The minimum absolute atomic E-state index is 0.147. The van der Waals surface area contributed by atoms with Gasteiger partial charge in [-0.05, 0) is 13.8 Å². The van der Waals surface area contributed by atoms with Gasteiger partial charge in [0.05, 0.1) is 30.9 Å². The molecule has 13 heavy (non-hydrogen) atoms. The quantitative estimate of drug-likeness (QED) is 0.503. The van der Waals surface area contributed by atoms with E-state index in [1.165, 1.54) is 0 Å². The van der Waals surface area contributed by atoms with Gasteiger partial charge in [-0.1, -0.05) is 19.1 Å². The summed E-state index contributed by atoms with van der Waals surface area (Å²) < 4.78 is 10.6. The topological polar surface area (TPSA) is 44.5 Å². The minimum Gasteiger partial charge on any atom is -0.393 e. The zero-order valence-corrected chi connectivity index (χ0v) is 9.39. The van der Waals surface area contributed by atoms with Crippen molar-refractivity contribution in [2.75, 3.05) is 19.8 Å². The lowest BCUT2D eigenvalue weighted by atomic mass is 10.2. The van der Waals surface area contributed by atoms with Gasteiger partial charge < -0.3 is 15.2 Å². The molecule has 3 nitrogen and oxygen atoms in total. The van der Waals surface area contributed by atoms with Crippen molar-refractivity contribution in [2.24, 2.45) is 11.7 Å². The Morgan fingerprint density at radius 3 is 2.38 bits per heavy atom. The highest BCUT2D eigenvalue weighted by Gasteiger charge is 2.04. The molecule has 4 heteroatoms. The predicted octanol–water partition coefficient (Wildman–Crippen LogP) is 1.35. The minimum atomic E-state index is 0.147. The van der Waals surface area contributed by atoms with Crippen LogP contribution in [0.3, 0.4) is 0 Å². The van der Waals surface area contributed by atoms with E-state index in [-0.39, 0.29) is 12.0 Å². The number of hydrogen-bond acceptors (Lipinski definition) is 3. The van der Waals surface area contributed by atoms with Crippen LogP contribution < -0.4 is 5.73 Å². The smallest absolute Gasteiger partial charge is 0.0779 e. The third-order valence-corrected chi connectivity index (χ3v) is 1.93. The Bertz CT molecular complexity index is 151. The van der Waals surface area contributed by atoms with Crippen LogP contribution >= 0.6 is 12.2 Å². The highest BCUT2D eigenvalue weighted by molar-refractivity contribution is 7.80. The van der Waals surface area contributed by atoms with Gasteiger partial charge >= 0.3 is 0 Å². The van der Waals surface area contributed by atoms with Gasteiger partial charge in [0.1, 0.15) is 0 Å². The summed E-state index contributed by atoms with van der Waals surface area (Å²) in [6, 6.07) is 0. The number of thiocarbonyl (C=S) groups is 1. The molecule has 0 aromatic carbocycles. The largest absolute Gasteiger partial charge is 0.393 e. The van der Waals surface area contributed by atoms with E-state index >= 15 is 0 Å². The molecule has 0 aromatic rings. The Kier molecular flexibility index (Phi) is 7.13. The standard InChI is InChI=1S/C9H19NO2S/c1-7(2)12-5-4-11-6-8(3)9(10)13/h7-8H,4-6H2,1-3H3,(H2,10,13). The van der Waals surface area contributed by atoms with E-state index in [0.29, 0.717) is 24.8 Å². The molecule has 2 N–H and O–H groups in total. The first-order chi connectivity index (χ1) is 6.04. The van der Waals surface area contributed by atoms with E-state index in [0.717, 1.165) is 0 Å². The summed E-state index contributed by atoms with van der Waals surface area (Å²) in [5.74, 6) is 0.147. The molecule has 0 amide bonds. The maximum absolute atomic E-state index is 5.42. The van der Waals surface area contributed by atoms with Crippen molar-refractivity contribution in [1.29, 1.82) is 0 Å². The number of rotatable bonds is 7. The fraction of sp³-hybridized carbons (Fsp3) is 0.889. The van der Waals surface area contributed by atoms with E-state index in [2.05, 4.69) is 0 Å². The van der Waals surface area contributed by atoms with Gasteiger partial charge in [0.15, 0.2) is 0 Å². The lowest BCUT2D eigenvalue weighted by Crippen LogP contribution is -2.23. The Morgan fingerprint density at radius 1 is 1.31 bits per heavy atom. The summed E-state index contributed by atoms with van der Waals surface area (Å²) >= 11 is 4.80. The molecule has 0 aliphatic carbocycles. The van der Waals surface area contributed by atoms with E-state index < -0.39 is 0 Å². The van der Waals surface area contributed by atoms with Crippen molar-refractivity contribution >= 4 is 17.2 Å². The molecule has 0 heterocycles. The molecule has 0 spiro atoms. The molecule has 1 unspecified atom stereocenters. The third kappa shape index (κ3) is 8.15. The van der Waals surface area contributed by atoms with E-state index in [1.54, 1.807) is 0 Å². The normalized spacial score (nSPS) is 13.2. The number of hydrogen-bond donors (Lipinski definition) is 1. The Hall–Kier alpha value is -0.190. The summed E-state index contributed by atoms with van der Waals surface area (Å²) in [6.07, 6.45) is 0.261. The molecule has 0 radical (unpaired) electrons. The lowest BCUT2D eigenvalue weighted by Gasteiger charge is -2.11. The van der Waals surface area contributed by atoms with Crippen molar-refractivity contribution in [3.05, 3.63) is 0 Å².